The number of rotatable bonds is 6. The normalized spacial score (nSPS) is 17.7. The highest BCUT2D eigenvalue weighted by molar-refractivity contribution is 5.79. The fourth-order valence-corrected chi connectivity index (χ4v) is 3.41. The molecule has 2 aromatic rings. The summed E-state index contributed by atoms with van der Waals surface area (Å²) in [6.07, 6.45) is 5.98. The van der Waals surface area contributed by atoms with Gasteiger partial charge in [-0.15, -0.1) is 0 Å². The molecule has 1 aromatic carbocycles. The summed E-state index contributed by atoms with van der Waals surface area (Å²) in [6.45, 7) is 2.82. The zero-order valence-electron chi connectivity index (χ0n) is 14.5. The fourth-order valence-electron chi connectivity index (χ4n) is 3.41. The Morgan fingerprint density at radius 2 is 2.32 bits per heavy atom. The summed E-state index contributed by atoms with van der Waals surface area (Å²) in [6, 6.07) is 6.25. The molecule has 1 aromatic heterocycles. The maximum atomic E-state index is 13.3. The third-order valence-corrected chi connectivity index (χ3v) is 4.67. The molecule has 0 bridgehead atoms. The number of amides is 1. The molecule has 0 saturated carbocycles. The molecule has 1 atom stereocenters. The van der Waals surface area contributed by atoms with Crippen LogP contribution in [0.2, 0.25) is 0 Å². The van der Waals surface area contributed by atoms with Gasteiger partial charge in [0.1, 0.15) is 11.6 Å². The number of nitrogens with zero attached hydrogens (tertiary/aromatic N) is 3. The number of benzene rings is 1. The van der Waals surface area contributed by atoms with Gasteiger partial charge in [0.05, 0.1) is 13.0 Å². The lowest BCUT2D eigenvalue weighted by molar-refractivity contribution is -0.131. The lowest BCUT2D eigenvalue weighted by Crippen LogP contribution is -2.40. The van der Waals surface area contributed by atoms with Gasteiger partial charge >= 0.3 is 0 Å². The number of halogens is 1. The smallest absolute Gasteiger partial charge is 0.227 e. The number of carbonyl (C=O) groups excluding carboxylic acids is 1. The van der Waals surface area contributed by atoms with Crippen molar-refractivity contribution >= 4 is 5.91 Å². The van der Waals surface area contributed by atoms with E-state index in [0.29, 0.717) is 18.7 Å². The van der Waals surface area contributed by atoms with Crippen molar-refractivity contribution in [2.45, 2.75) is 31.7 Å². The molecule has 1 fully saturated rings. The Hall–Kier alpha value is -2.21. The van der Waals surface area contributed by atoms with Crippen LogP contribution in [0.4, 0.5) is 4.39 Å². The van der Waals surface area contributed by atoms with Crippen molar-refractivity contribution in [3.8, 4) is 0 Å². The standard InChI is InChI=1S/C19H24FN3O2/c1-25-11-10-22-9-7-21-19(22)16-5-3-8-23(14-16)18(24)13-15-4-2-6-17(20)12-15/h2,4,6-7,9,12,16H,3,5,8,10-11,13-14H2,1H3/t16-/m1/s1. The Morgan fingerprint density at radius 1 is 1.44 bits per heavy atom. The van der Waals surface area contributed by atoms with Crippen LogP contribution in [0.25, 0.3) is 0 Å². The first kappa shape index (κ1) is 17.6. The van der Waals surface area contributed by atoms with E-state index >= 15 is 0 Å². The summed E-state index contributed by atoms with van der Waals surface area (Å²) in [5.41, 5.74) is 0.716. The van der Waals surface area contributed by atoms with Crippen LogP contribution in [-0.4, -0.2) is 47.2 Å². The summed E-state index contributed by atoms with van der Waals surface area (Å²) in [4.78, 5) is 19.0. The molecular formula is C19H24FN3O2. The summed E-state index contributed by atoms with van der Waals surface area (Å²) < 4.78 is 20.6. The number of likely N-dealkylation sites (tertiary alicyclic amines) is 1. The third-order valence-electron chi connectivity index (χ3n) is 4.67. The zero-order valence-corrected chi connectivity index (χ0v) is 14.5. The Morgan fingerprint density at radius 3 is 3.12 bits per heavy atom. The SMILES string of the molecule is COCCn1ccnc1[C@@H]1CCCN(C(=O)Cc2cccc(F)c2)C1. The molecule has 0 unspecified atom stereocenters. The summed E-state index contributed by atoms with van der Waals surface area (Å²) in [7, 11) is 1.68. The van der Waals surface area contributed by atoms with Crippen molar-refractivity contribution in [2.75, 3.05) is 26.8 Å². The minimum Gasteiger partial charge on any atom is -0.383 e. The maximum absolute atomic E-state index is 13.3. The van der Waals surface area contributed by atoms with E-state index in [2.05, 4.69) is 9.55 Å². The second kappa shape index (κ2) is 8.25. The zero-order chi connectivity index (χ0) is 17.6. The Balaban J connectivity index is 1.64. The molecule has 0 N–H and O–H groups in total. The Kier molecular flexibility index (Phi) is 5.81. The second-order valence-electron chi connectivity index (χ2n) is 6.46. The molecule has 1 aliphatic heterocycles. The van der Waals surface area contributed by atoms with Crippen molar-refractivity contribution in [1.82, 2.24) is 14.5 Å². The van der Waals surface area contributed by atoms with Gasteiger partial charge in [-0.05, 0) is 30.5 Å². The van der Waals surface area contributed by atoms with Gasteiger partial charge in [0.2, 0.25) is 5.91 Å². The topological polar surface area (TPSA) is 47.4 Å². The van der Waals surface area contributed by atoms with Gasteiger partial charge in [0.25, 0.3) is 0 Å². The molecule has 5 nitrogen and oxygen atoms in total. The monoisotopic (exact) mass is 345 g/mol. The molecule has 3 rings (SSSR count). The van der Waals surface area contributed by atoms with Crippen molar-refractivity contribution < 1.29 is 13.9 Å². The van der Waals surface area contributed by atoms with E-state index < -0.39 is 0 Å². The highest BCUT2D eigenvalue weighted by Gasteiger charge is 2.27. The van der Waals surface area contributed by atoms with E-state index in [4.69, 9.17) is 4.74 Å². The molecule has 0 radical (unpaired) electrons. The van der Waals surface area contributed by atoms with E-state index in [9.17, 15) is 9.18 Å². The molecular weight excluding hydrogens is 321 g/mol. The second-order valence-corrected chi connectivity index (χ2v) is 6.46. The quantitative estimate of drug-likeness (QED) is 0.809. The first-order chi connectivity index (χ1) is 12.2. The lowest BCUT2D eigenvalue weighted by Gasteiger charge is -2.33. The number of piperidine rings is 1. The highest BCUT2D eigenvalue weighted by Crippen LogP contribution is 2.26. The number of hydrogen-bond acceptors (Lipinski definition) is 3. The minimum atomic E-state index is -0.304. The first-order valence-electron chi connectivity index (χ1n) is 8.69. The van der Waals surface area contributed by atoms with Crippen molar-refractivity contribution in [1.29, 1.82) is 0 Å². The average Bonchev–Trinajstić information content (AvgIpc) is 3.08. The van der Waals surface area contributed by atoms with Gasteiger partial charge in [-0.1, -0.05) is 12.1 Å². The van der Waals surface area contributed by atoms with Crippen molar-refractivity contribution in [2.24, 2.45) is 0 Å². The fraction of sp³-hybridized carbons (Fsp3) is 0.474. The van der Waals surface area contributed by atoms with Crippen LogP contribution in [0.1, 0.15) is 30.1 Å². The Labute approximate surface area is 147 Å². The van der Waals surface area contributed by atoms with Gasteiger partial charge in [-0.3, -0.25) is 4.79 Å². The van der Waals surface area contributed by atoms with Gasteiger partial charge in [0, 0.05) is 45.1 Å². The molecule has 1 amide bonds. The van der Waals surface area contributed by atoms with Gasteiger partial charge < -0.3 is 14.2 Å². The van der Waals surface area contributed by atoms with Crippen molar-refractivity contribution in [3.05, 3.63) is 53.9 Å². The predicted octanol–water partition coefficient (Wildman–Crippen LogP) is 2.62. The van der Waals surface area contributed by atoms with Crippen LogP contribution in [0, 0.1) is 5.82 Å². The summed E-state index contributed by atoms with van der Waals surface area (Å²) in [5, 5.41) is 0. The number of hydrogen-bond donors (Lipinski definition) is 0. The van der Waals surface area contributed by atoms with E-state index in [1.807, 2.05) is 11.1 Å². The molecule has 6 heteroatoms. The maximum Gasteiger partial charge on any atom is 0.227 e. The van der Waals surface area contributed by atoms with Crippen LogP contribution in [0.5, 0.6) is 0 Å². The highest BCUT2D eigenvalue weighted by atomic mass is 19.1. The van der Waals surface area contributed by atoms with E-state index in [-0.39, 0.29) is 24.1 Å². The Bertz CT molecular complexity index is 716. The molecule has 1 saturated heterocycles. The largest absolute Gasteiger partial charge is 0.383 e. The molecule has 0 spiro atoms. The summed E-state index contributed by atoms with van der Waals surface area (Å²) in [5.74, 6) is 0.990. The molecule has 134 valence electrons. The summed E-state index contributed by atoms with van der Waals surface area (Å²) >= 11 is 0. The number of aromatic nitrogens is 2. The number of carbonyl (C=O) groups is 1. The van der Waals surface area contributed by atoms with Gasteiger partial charge in [-0.25, -0.2) is 9.37 Å². The molecule has 0 aliphatic carbocycles. The molecule has 1 aliphatic rings. The van der Waals surface area contributed by atoms with Crippen molar-refractivity contribution in [3.63, 3.8) is 0 Å². The minimum absolute atomic E-state index is 0.0466. The predicted molar refractivity (Wildman–Crippen MR) is 92.8 cm³/mol. The molecule has 25 heavy (non-hydrogen) atoms. The van der Waals surface area contributed by atoms with E-state index in [0.717, 1.165) is 31.8 Å². The van der Waals surface area contributed by atoms with E-state index in [1.54, 1.807) is 25.4 Å². The van der Waals surface area contributed by atoms with Crippen LogP contribution in [0.3, 0.4) is 0 Å². The van der Waals surface area contributed by atoms with E-state index in [1.165, 1.54) is 12.1 Å². The van der Waals surface area contributed by atoms with Crippen LogP contribution in [-0.2, 0) is 22.5 Å². The van der Waals surface area contributed by atoms with Crippen LogP contribution in [0.15, 0.2) is 36.7 Å². The first-order valence-corrected chi connectivity index (χ1v) is 8.69. The number of imidazole rings is 1. The van der Waals surface area contributed by atoms with Crippen LogP contribution >= 0.6 is 0 Å². The number of ether oxygens (including phenoxy) is 1. The van der Waals surface area contributed by atoms with Gasteiger partial charge in [-0.2, -0.15) is 0 Å². The third kappa shape index (κ3) is 4.45. The van der Waals surface area contributed by atoms with Gasteiger partial charge in [0.15, 0.2) is 0 Å². The lowest BCUT2D eigenvalue weighted by atomic mass is 9.96. The van der Waals surface area contributed by atoms with Crippen LogP contribution < -0.4 is 0 Å². The molecule has 2 heterocycles. The number of methoxy groups -OCH3 is 1. The average molecular weight is 345 g/mol.